The molecular formula is C7H11NO2S2. The van der Waals surface area contributed by atoms with Crippen LogP contribution in [0.2, 0.25) is 0 Å². The van der Waals surface area contributed by atoms with Crippen molar-refractivity contribution in [2.24, 2.45) is 0 Å². The van der Waals surface area contributed by atoms with Gasteiger partial charge in [-0.2, -0.15) is 0 Å². The molecule has 12 heavy (non-hydrogen) atoms. The average molecular weight is 205 g/mol. The molecule has 0 aliphatic heterocycles. The number of hydrogen-bond acceptors (Lipinski definition) is 3. The Kier molecular flexibility index (Phi) is 2.87. The second kappa shape index (κ2) is 3.55. The highest BCUT2D eigenvalue weighted by atomic mass is 32.2. The van der Waals surface area contributed by atoms with Crippen LogP contribution in [0.5, 0.6) is 0 Å². The maximum absolute atomic E-state index is 11.2. The highest BCUT2D eigenvalue weighted by molar-refractivity contribution is 7.91. The first-order valence-corrected chi connectivity index (χ1v) is 5.92. The van der Waals surface area contributed by atoms with Crippen molar-refractivity contribution in [2.75, 3.05) is 7.05 Å². The Labute approximate surface area is 76.5 Å². The quantitative estimate of drug-likeness (QED) is 0.806. The summed E-state index contributed by atoms with van der Waals surface area (Å²) in [5.74, 6) is 0. The SMILES string of the molecule is CCc1ccc(S(=O)(=O)NC)s1. The molecule has 0 atom stereocenters. The molecule has 0 radical (unpaired) electrons. The maximum Gasteiger partial charge on any atom is 0.249 e. The summed E-state index contributed by atoms with van der Waals surface area (Å²) in [5, 5.41) is 0. The second-order valence-electron chi connectivity index (χ2n) is 2.28. The molecule has 0 fully saturated rings. The molecule has 1 N–H and O–H groups in total. The van der Waals surface area contributed by atoms with E-state index in [1.165, 1.54) is 18.4 Å². The van der Waals surface area contributed by atoms with Crippen LogP contribution in [0.1, 0.15) is 11.8 Å². The minimum atomic E-state index is -3.22. The zero-order valence-electron chi connectivity index (χ0n) is 6.99. The van der Waals surface area contributed by atoms with Gasteiger partial charge in [-0.1, -0.05) is 6.92 Å². The Morgan fingerprint density at radius 3 is 2.58 bits per heavy atom. The standard InChI is InChI=1S/C7H11NO2S2/c1-3-6-4-5-7(11-6)12(9,10)8-2/h4-5,8H,3H2,1-2H3. The molecule has 1 aromatic heterocycles. The molecule has 1 aromatic rings. The lowest BCUT2D eigenvalue weighted by Gasteiger charge is -1.95. The van der Waals surface area contributed by atoms with Crippen molar-refractivity contribution in [3.05, 3.63) is 17.0 Å². The third-order valence-electron chi connectivity index (χ3n) is 1.52. The molecular weight excluding hydrogens is 194 g/mol. The van der Waals surface area contributed by atoms with Crippen molar-refractivity contribution in [2.45, 2.75) is 17.6 Å². The molecule has 3 nitrogen and oxygen atoms in total. The Morgan fingerprint density at radius 2 is 2.17 bits per heavy atom. The topological polar surface area (TPSA) is 46.2 Å². The summed E-state index contributed by atoms with van der Waals surface area (Å²) in [6.45, 7) is 2.00. The van der Waals surface area contributed by atoms with Crippen LogP contribution in [0.25, 0.3) is 0 Å². The Bertz CT molecular complexity index is 353. The van der Waals surface area contributed by atoms with Crippen molar-refractivity contribution in [3.8, 4) is 0 Å². The van der Waals surface area contributed by atoms with Gasteiger partial charge in [-0.3, -0.25) is 0 Å². The zero-order chi connectivity index (χ0) is 9.19. The Hall–Kier alpha value is -0.390. The van der Waals surface area contributed by atoms with E-state index in [0.717, 1.165) is 11.3 Å². The van der Waals surface area contributed by atoms with E-state index in [1.54, 1.807) is 6.07 Å². The van der Waals surface area contributed by atoms with Gasteiger partial charge in [-0.05, 0) is 25.6 Å². The van der Waals surface area contributed by atoms with Crippen LogP contribution in [0.15, 0.2) is 16.3 Å². The number of sulfonamides is 1. The number of rotatable bonds is 3. The van der Waals surface area contributed by atoms with Crippen molar-refractivity contribution < 1.29 is 8.42 Å². The third kappa shape index (κ3) is 1.85. The fourth-order valence-corrected chi connectivity index (χ4v) is 2.93. The van der Waals surface area contributed by atoms with Gasteiger partial charge >= 0.3 is 0 Å². The predicted molar refractivity (Wildman–Crippen MR) is 49.9 cm³/mol. The van der Waals surface area contributed by atoms with E-state index in [-0.39, 0.29) is 0 Å². The fourth-order valence-electron chi connectivity index (χ4n) is 0.793. The number of aryl methyl sites for hydroxylation is 1. The van der Waals surface area contributed by atoms with E-state index in [0.29, 0.717) is 4.21 Å². The molecule has 0 saturated carbocycles. The van der Waals surface area contributed by atoms with Crippen molar-refractivity contribution in [1.82, 2.24) is 4.72 Å². The zero-order valence-corrected chi connectivity index (χ0v) is 8.63. The summed E-state index contributed by atoms with van der Waals surface area (Å²) in [7, 11) is -1.80. The Morgan fingerprint density at radius 1 is 1.50 bits per heavy atom. The average Bonchev–Trinajstić information content (AvgIpc) is 2.52. The third-order valence-corrected chi connectivity index (χ3v) is 4.65. The van der Waals surface area contributed by atoms with Crippen molar-refractivity contribution >= 4 is 21.4 Å². The number of nitrogens with one attached hydrogen (secondary N) is 1. The largest absolute Gasteiger partial charge is 0.249 e. The van der Waals surface area contributed by atoms with Crippen LogP contribution < -0.4 is 4.72 Å². The first-order valence-electron chi connectivity index (χ1n) is 3.62. The van der Waals surface area contributed by atoms with E-state index in [9.17, 15) is 8.42 Å². The van der Waals surface area contributed by atoms with Gasteiger partial charge in [-0.25, -0.2) is 13.1 Å². The summed E-state index contributed by atoms with van der Waals surface area (Å²) in [5.41, 5.74) is 0. The molecule has 0 aliphatic rings. The summed E-state index contributed by atoms with van der Waals surface area (Å²) >= 11 is 1.31. The highest BCUT2D eigenvalue weighted by Crippen LogP contribution is 2.21. The van der Waals surface area contributed by atoms with Gasteiger partial charge in [0, 0.05) is 4.88 Å². The monoisotopic (exact) mass is 205 g/mol. The normalized spacial score (nSPS) is 11.8. The highest BCUT2D eigenvalue weighted by Gasteiger charge is 2.12. The van der Waals surface area contributed by atoms with Gasteiger partial charge in [0.25, 0.3) is 0 Å². The van der Waals surface area contributed by atoms with Gasteiger partial charge in [0.1, 0.15) is 4.21 Å². The van der Waals surface area contributed by atoms with Crippen molar-refractivity contribution in [3.63, 3.8) is 0 Å². The van der Waals surface area contributed by atoms with Crippen LogP contribution in [-0.2, 0) is 16.4 Å². The summed E-state index contributed by atoms with van der Waals surface area (Å²) in [6, 6.07) is 3.48. The molecule has 0 saturated heterocycles. The van der Waals surface area contributed by atoms with Crippen LogP contribution >= 0.6 is 11.3 Å². The summed E-state index contributed by atoms with van der Waals surface area (Å²) in [6.07, 6.45) is 0.879. The maximum atomic E-state index is 11.2. The second-order valence-corrected chi connectivity index (χ2v) is 5.56. The lowest BCUT2D eigenvalue weighted by molar-refractivity contribution is 0.590. The van der Waals surface area contributed by atoms with E-state index in [2.05, 4.69) is 4.72 Å². The van der Waals surface area contributed by atoms with Gasteiger partial charge in [0.2, 0.25) is 10.0 Å². The molecule has 0 amide bonds. The molecule has 5 heteroatoms. The van der Waals surface area contributed by atoms with E-state index in [4.69, 9.17) is 0 Å². The minimum Gasteiger partial charge on any atom is -0.214 e. The van der Waals surface area contributed by atoms with Gasteiger partial charge in [-0.15, -0.1) is 11.3 Å². The summed E-state index contributed by atoms with van der Waals surface area (Å²) < 4.78 is 25.1. The molecule has 0 unspecified atom stereocenters. The number of thiophene rings is 1. The van der Waals surface area contributed by atoms with Crippen LogP contribution in [0.3, 0.4) is 0 Å². The molecule has 1 heterocycles. The van der Waals surface area contributed by atoms with Crippen molar-refractivity contribution in [1.29, 1.82) is 0 Å². The molecule has 0 aliphatic carbocycles. The van der Waals surface area contributed by atoms with Gasteiger partial charge in [0.15, 0.2) is 0 Å². The van der Waals surface area contributed by atoms with Gasteiger partial charge in [0.05, 0.1) is 0 Å². The lowest BCUT2D eigenvalue weighted by atomic mass is 10.4. The van der Waals surface area contributed by atoms with E-state index < -0.39 is 10.0 Å². The minimum absolute atomic E-state index is 0.391. The predicted octanol–water partition coefficient (Wildman–Crippen LogP) is 1.22. The smallest absolute Gasteiger partial charge is 0.214 e. The summed E-state index contributed by atoms with van der Waals surface area (Å²) in [4.78, 5) is 1.09. The molecule has 68 valence electrons. The molecule has 0 spiro atoms. The van der Waals surface area contributed by atoms with E-state index >= 15 is 0 Å². The first-order chi connectivity index (χ1) is 5.60. The molecule has 0 bridgehead atoms. The van der Waals surface area contributed by atoms with Gasteiger partial charge < -0.3 is 0 Å². The van der Waals surface area contributed by atoms with Crippen LogP contribution in [-0.4, -0.2) is 15.5 Å². The number of hydrogen-bond donors (Lipinski definition) is 1. The molecule has 0 aromatic carbocycles. The Balaban J connectivity index is 3.05. The molecule has 1 rings (SSSR count). The van der Waals surface area contributed by atoms with E-state index in [1.807, 2.05) is 13.0 Å². The fraction of sp³-hybridized carbons (Fsp3) is 0.429. The van der Waals surface area contributed by atoms with Crippen LogP contribution in [0, 0.1) is 0 Å². The lowest BCUT2D eigenvalue weighted by Crippen LogP contribution is -2.17. The van der Waals surface area contributed by atoms with Crippen LogP contribution in [0.4, 0.5) is 0 Å². The first kappa shape index (κ1) is 9.70.